The number of para-hydroxylation sites is 2. The highest BCUT2D eigenvalue weighted by Crippen LogP contribution is 2.52. The summed E-state index contributed by atoms with van der Waals surface area (Å²) in [5.74, 6) is 0.127. The minimum Gasteiger partial charge on any atom is -0.310 e. The summed E-state index contributed by atoms with van der Waals surface area (Å²) < 4.78 is 0. The van der Waals surface area contributed by atoms with Crippen LogP contribution in [0.3, 0.4) is 0 Å². The number of anilines is 3. The van der Waals surface area contributed by atoms with E-state index in [9.17, 15) is 0 Å². The molecule has 179 valence electrons. The maximum absolute atomic E-state index is 2.42. The fraction of sp³-hybridized carbons (Fsp3) is 0.143. The highest BCUT2D eigenvalue weighted by molar-refractivity contribution is 6.52. The molecule has 0 aromatic heterocycles. The van der Waals surface area contributed by atoms with Gasteiger partial charge in [-0.15, -0.1) is 0 Å². The Kier molecular flexibility index (Phi) is 5.97. The van der Waals surface area contributed by atoms with Crippen LogP contribution in [0, 0.1) is 20.8 Å². The third-order valence-electron chi connectivity index (χ3n) is 7.63. The molecule has 0 N–H and O–H groups in total. The molecule has 1 atom stereocenters. The molecule has 1 radical (unpaired) electrons. The van der Waals surface area contributed by atoms with Gasteiger partial charge in [0.2, 0.25) is 0 Å². The van der Waals surface area contributed by atoms with E-state index in [4.69, 9.17) is 0 Å². The van der Waals surface area contributed by atoms with Crippen molar-refractivity contribution in [3.05, 3.63) is 143 Å². The number of nitrogens with zero attached hydrogens (tertiary/aromatic N) is 1. The molecule has 5 aromatic rings. The Labute approximate surface area is 221 Å². The Hall–Kier alpha value is -4.04. The van der Waals surface area contributed by atoms with Crippen LogP contribution in [0.2, 0.25) is 6.82 Å². The van der Waals surface area contributed by atoms with E-state index in [1.54, 1.807) is 0 Å². The highest BCUT2D eigenvalue weighted by atomic mass is 15.2. The third-order valence-corrected chi connectivity index (χ3v) is 7.63. The number of aryl methyl sites for hydroxylation is 3. The lowest BCUT2D eigenvalue weighted by Crippen LogP contribution is -2.24. The normalized spacial score (nSPS) is 14.2. The van der Waals surface area contributed by atoms with Crippen molar-refractivity contribution in [3.8, 4) is 11.1 Å². The Balaban J connectivity index is 1.67. The smallest absolute Gasteiger partial charge is 0.148 e. The molecule has 37 heavy (non-hydrogen) atoms. The predicted octanol–water partition coefficient (Wildman–Crippen LogP) is 8.62. The summed E-state index contributed by atoms with van der Waals surface area (Å²) in [6.07, 6.45) is 0. The molecule has 0 amide bonds. The molecule has 0 aliphatic carbocycles. The highest BCUT2D eigenvalue weighted by Gasteiger charge is 2.33. The quantitative estimate of drug-likeness (QED) is 0.230. The average Bonchev–Trinajstić information content (AvgIpc) is 2.92. The number of benzene rings is 5. The van der Waals surface area contributed by atoms with Crippen LogP contribution in [0.15, 0.2) is 109 Å². The molecule has 1 aliphatic rings. The van der Waals surface area contributed by atoms with Gasteiger partial charge in [-0.1, -0.05) is 108 Å². The first-order chi connectivity index (χ1) is 18.0. The Bertz CT molecular complexity index is 1600. The SMILES string of the molecule is C[B]c1ccc(-c2ccc(C)cc2C)c(C2c3ccccc3N(c3ccccc3)c3ccc(C)cc32)c1. The molecular formula is C35H31BN. The number of hydrogen-bond acceptors (Lipinski definition) is 1. The second-order valence-electron chi connectivity index (χ2n) is 10.2. The molecule has 6 rings (SSSR count). The van der Waals surface area contributed by atoms with E-state index in [-0.39, 0.29) is 5.92 Å². The molecule has 1 aliphatic heterocycles. The van der Waals surface area contributed by atoms with E-state index in [1.807, 2.05) is 0 Å². The van der Waals surface area contributed by atoms with Gasteiger partial charge >= 0.3 is 0 Å². The number of rotatable bonds is 4. The van der Waals surface area contributed by atoms with Gasteiger partial charge in [0, 0.05) is 11.6 Å². The van der Waals surface area contributed by atoms with Crippen LogP contribution in [0.5, 0.6) is 0 Å². The molecule has 5 aromatic carbocycles. The van der Waals surface area contributed by atoms with Gasteiger partial charge in [-0.2, -0.15) is 0 Å². The first-order valence-electron chi connectivity index (χ1n) is 13.1. The maximum atomic E-state index is 2.42. The summed E-state index contributed by atoms with van der Waals surface area (Å²) in [5.41, 5.74) is 15.5. The summed E-state index contributed by atoms with van der Waals surface area (Å²) in [5, 5.41) is 0. The lowest BCUT2D eigenvalue weighted by atomic mass is 9.69. The van der Waals surface area contributed by atoms with Gasteiger partial charge in [0.1, 0.15) is 7.28 Å². The van der Waals surface area contributed by atoms with E-state index >= 15 is 0 Å². The minimum atomic E-state index is 0.127. The Morgan fingerprint density at radius 3 is 2.03 bits per heavy atom. The minimum absolute atomic E-state index is 0.127. The van der Waals surface area contributed by atoms with Crippen molar-refractivity contribution in [2.24, 2.45) is 0 Å². The fourth-order valence-corrected chi connectivity index (χ4v) is 5.89. The van der Waals surface area contributed by atoms with Crippen LogP contribution in [0.4, 0.5) is 17.1 Å². The topological polar surface area (TPSA) is 3.24 Å². The molecule has 0 saturated heterocycles. The summed E-state index contributed by atoms with van der Waals surface area (Å²) >= 11 is 0. The standard InChI is InChI=1S/C35H31BN/c1-23-14-17-28(25(3)20-23)29-18-16-26(36-4)22-31(29)35-30-12-8-9-13-33(30)37(27-10-6-5-7-11-27)34-19-15-24(2)21-32(34)35/h5-22,35H,1-4H3. The Morgan fingerprint density at radius 2 is 1.24 bits per heavy atom. The summed E-state index contributed by atoms with van der Waals surface area (Å²) in [4.78, 5) is 2.42. The second kappa shape index (κ2) is 9.44. The van der Waals surface area contributed by atoms with Crippen LogP contribution < -0.4 is 10.4 Å². The molecular weight excluding hydrogens is 445 g/mol. The first kappa shape index (κ1) is 23.4. The second-order valence-corrected chi connectivity index (χ2v) is 10.2. The van der Waals surface area contributed by atoms with Crippen LogP contribution >= 0.6 is 0 Å². The maximum Gasteiger partial charge on any atom is 0.148 e. The van der Waals surface area contributed by atoms with Gasteiger partial charge in [0.25, 0.3) is 0 Å². The van der Waals surface area contributed by atoms with Gasteiger partial charge in [0.05, 0.1) is 11.4 Å². The van der Waals surface area contributed by atoms with Crippen molar-refractivity contribution >= 4 is 29.8 Å². The molecule has 1 heterocycles. The zero-order valence-corrected chi connectivity index (χ0v) is 22.0. The van der Waals surface area contributed by atoms with Crippen LogP contribution in [-0.4, -0.2) is 7.28 Å². The van der Waals surface area contributed by atoms with Gasteiger partial charge in [0.15, 0.2) is 0 Å². The van der Waals surface area contributed by atoms with Crippen LogP contribution in [-0.2, 0) is 0 Å². The summed E-state index contributed by atoms with van der Waals surface area (Å²) in [6.45, 7) is 8.73. The van der Waals surface area contributed by atoms with Gasteiger partial charge in [-0.3, -0.25) is 0 Å². The molecule has 0 bridgehead atoms. The van der Waals surface area contributed by atoms with E-state index in [0.29, 0.717) is 0 Å². The van der Waals surface area contributed by atoms with Crippen molar-refractivity contribution in [1.29, 1.82) is 0 Å². The van der Waals surface area contributed by atoms with Crippen molar-refractivity contribution < 1.29 is 0 Å². The summed E-state index contributed by atoms with van der Waals surface area (Å²) in [7, 11) is 2.21. The monoisotopic (exact) mass is 476 g/mol. The van der Waals surface area contributed by atoms with Crippen molar-refractivity contribution in [2.45, 2.75) is 33.5 Å². The zero-order chi connectivity index (χ0) is 25.5. The molecule has 0 saturated carbocycles. The molecule has 0 spiro atoms. The average molecular weight is 476 g/mol. The predicted molar refractivity (Wildman–Crippen MR) is 159 cm³/mol. The fourth-order valence-electron chi connectivity index (χ4n) is 5.89. The van der Waals surface area contributed by atoms with E-state index in [0.717, 1.165) is 0 Å². The summed E-state index contributed by atoms with van der Waals surface area (Å²) in [6, 6.07) is 40.4. The van der Waals surface area contributed by atoms with Crippen LogP contribution in [0.1, 0.15) is 39.3 Å². The largest absolute Gasteiger partial charge is 0.310 e. The van der Waals surface area contributed by atoms with Gasteiger partial charge in [-0.05, 0) is 78.4 Å². The number of fused-ring (bicyclic) bond motifs is 2. The molecule has 1 nitrogen and oxygen atoms in total. The van der Waals surface area contributed by atoms with E-state index in [1.165, 1.54) is 67.0 Å². The first-order valence-corrected chi connectivity index (χ1v) is 13.1. The van der Waals surface area contributed by atoms with Crippen molar-refractivity contribution in [3.63, 3.8) is 0 Å². The lowest BCUT2D eigenvalue weighted by Gasteiger charge is -2.39. The van der Waals surface area contributed by atoms with E-state index in [2.05, 4.69) is 149 Å². The van der Waals surface area contributed by atoms with Gasteiger partial charge in [-0.25, -0.2) is 0 Å². The Morgan fingerprint density at radius 1 is 0.568 bits per heavy atom. The lowest BCUT2D eigenvalue weighted by molar-refractivity contribution is 0.939. The third kappa shape index (κ3) is 4.07. The van der Waals surface area contributed by atoms with Gasteiger partial charge < -0.3 is 4.90 Å². The molecule has 2 heteroatoms. The number of hydrogen-bond donors (Lipinski definition) is 0. The van der Waals surface area contributed by atoms with E-state index < -0.39 is 0 Å². The zero-order valence-electron chi connectivity index (χ0n) is 22.0. The molecule has 1 unspecified atom stereocenters. The van der Waals surface area contributed by atoms with Crippen molar-refractivity contribution in [1.82, 2.24) is 0 Å². The molecule has 0 fully saturated rings. The van der Waals surface area contributed by atoms with Crippen LogP contribution in [0.25, 0.3) is 11.1 Å². The van der Waals surface area contributed by atoms with Crippen molar-refractivity contribution in [2.75, 3.05) is 4.90 Å².